The van der Waals surface area contributed by atoms with Gasteiger partial charge in [-0.05, 0) is 36.1 Å². The van der Waals surface area contributed by atoms with Gasteiger partial charge in [-0.2, -0.15) is 25.3 Å². The van der Waals surface area contributed by atoms with Crippen molar-refractivity contribution in [2.45, 2.75) is 25.4 Å². The molecule has 0 aliphatic heterocycles. The average molecular weight is 198 g/mol. The Kier molecular flexibility index (Phi) is 3.53. The van der Waals surface area contributed by atoms with E-state index < -0.39 is 0 Å². The average Bonchev–Trinajstić information content (AvgIpc) is 2.08. The molecule has 0 N–H and O–H groups in total. The summed E-state index contributed by atoms with van der Waals surface area (Å²) in [5.41, 5.74) is 5.28. The highest BCUT2D eigenvalue weighted by Gasteiger charge is 2.01. The summed E-state index contributed by atoms with van der Waals surface area (Å²) in [6.45, 7) is 4.25. The lowest BCUT2D eigenvalue weighted by Crippen LogP contribution is -1.91. The van der Waals surface area contributed by atoms with E-state index in [1.807, 2.05) is 0 Å². The van der Waals surface area contributed by atoms with Gasteiger partial charge < -0.3 is 0 Å². The number of hydrogen-bond acceptors (Lipinski definition) is 2. The highest BCUT2D eigenvalue weighted by molar-refractivity contribution is 7.79. The summed E-state index contributed by atoms with van der Waals surface area (Å²) in [7, 11) is 0. The first-order valence-electron chi connectivity index (χ1n) is 3.99. The Hall–Kier alpha value is -0.0800. The van der Waals surface area contributed by atoms with Crippen molar-refractivity contribution in [1.82, 2.24) is 0 Å². The van der Waals surface area contributed by atoms with Crippen LogP contribution in [0.2, 0.25) is 0 Å². The fourth-order valence-electron chi connectivity index (χ4n) is 1.28. The molecule has 0 atom stereocenters. The fraction of sp³-hybridized carbons (Fsp3) is 0.400. The topological polar surface area (TPSA) is 0 Å². The summed E-state index contributed by atoms with van der Waals surface area (Å²) >= 11 is 8.54. The Balaban J connectivity index is 3.16. The van der Waals surface area contributed by atoms with Crippen LogP contribution < -0.4 is 0 Å². The lowest BCUT2D eigenvalue weighted by Gasteiger charge is -2.08. The fourth-order valence-corrected chi connectivity index (χ4v) is 1.96. The van der Waals surface area contributed by atoms with Crippen LogP contribution in [0.15, 0.2) is 12.1 Å². The molecule has 12 heavy (non-hydrogen) atoms. The first kappa shape index (κ1) is 10.0. The van der Waals surface area contributed by atoms with Gasteiger partial charge in [-0.3, -0.25) is 0 Å². The van der Waals surface area contributed by atoms with Crippen molar-refractivity contribution in [3.8, 4) is 0 Å². The molecule has 0 radical (unpaired) electrons. The molecule has 0 fully saturated rings. The Labute approximate surface area is 85.2 Å². The van der Waals surface area contributed by atoms with E-state index in [4.69, 9.17) is 0 Å². The third kappa shape index (κ3) is 1.99. The molecule has 0 amide bonds. The van der Waals surface area contributed by atoms with E-state index in [0.29, 0.717) is 0 Å². The maximum Gasteiger partial charge on any atom is 0.0156 e. The Morgan fingerprint density at radius 1 is 0.917 bits per heavy atom. The zero-order valence-electron chi connectivity index (χ0n) is 7.46. The predicted molar refractivity (Wildman–Crippen MR) is 61.3 cm³/mol. The molecule has 1 rings (SSSR count). The highest BCUT2D eigenvalue weighted by atomic mass is 32.1. The van der Waals surface area contributed by atoms with Crippen LogP contribution >= 0.6 is 25.3 Å². The van der Waals surface area contributed by atoms with E-state index in [1.165, 1.54) is 22.3 Å². The van der Waals surface area contributed by atoms with Crippen LogP contribution in [0, 0.1) is 13.8 Å². The Morgan fingerprint density at radius 2 is 1.25 bits per heavy atom. The molecular weight excluding hydrogens is 184 g/mol. The van der Waals surface area contributed by atoms with E-state index in [1.54, 1.807) is 0 Å². The minimum Gasteiger partial charge on any atom is -0.175 e. The SMILES string of the molecule is Cc1cc(CS)c(C)cc1CS. The standard InChI is InChI=1S/C10H14S2/c1-7-3-10(6-12)8(2)4-9(7)5-11/h3-4,11-12H,5-6H2,1-2H3. The molecule has 1 aromatic carbocycles. The van der Waals surface area contributed by atoms with Crippen molar-refractivity contribution in [1.29, 1.82) is 0 Å². The van der Waals surface area contributed by atoms with E-state index in [2.05, 4.69) is 51.2 Å². The third-order valence-electron chi connectivity index (χ3n) is 2.14. The van der Waals surface area contributed by atoms with Gasteiger partial charge in [0.25, 0.3) is 0 Å². The van der Waals surface area contributed by atoms with Gasteiger partial charge in [0.1, 0.15) is 0 Å². The van der Waals surface area contributed by atoms with E-state index in [9.17, 15) is 0 Å². The van der Waals surface area contributed by atoms with Gasteiger partial charge in [0.15, 0.2) is 0 Å². The molecule has 0 saturated carbocycles. The van der Waals surface area contributed by atoms with Crippen LogP contribution in [0.25, 0.3) is 0 Å². The third-order valence-corrected chi connectivity index (χ3v) is 2.82. The first-order valence-corrected chi connectivity index (χ1v) is 5.26. The quantitative estimate of drug-likeness (QED) is 0.670. The molecule has 1 aromatic rings. The van der Waals surface area contributed by atoms with Crippen molar-refractivity contribution < 1.29 is 0 Å². The number of hydrogen-bond donors (Lipinski definition) is 2. The monoisotopic (exact) mass is 198 g/mol. The molecule has 0 aliphatic carbocycles. The Morgan fingerprint density at radius 3 is 1.50 bits per heavy atom. The second-order valence-electron chi connectivity index (χ2n) is 3.02. The van der Waals surface area contributed by atoms with Crippen LogP contribution in [0.4, 0.5) is 0 Å². The van der Waals surface area contributed by atoms with Crippen molar-refractivity contribution in [3.05, 3.63) is 34.4 Å². The summed E-state index contributed by atoms with van der Waals surface area (Å²) in [4.78, 5) is 0. The van der Waals surface area contributed by atoms with Gasteiger partial charge in [-0.25, -0.2) is 0 Å². The summed E-state index contributed by atoms with van der Waals surface area (Å²) in [6, 6.07) is 4.40. The molecule has 0 saturated heterocycles. The first-order chi connectivity index (χ1) is 5.69. The minimum atomic E-state index is 0.819. The minimum absolute atomic E-state index is 0.819. The van der Waals surface area contributed by atoms with Crippen molar-refractivity contribution in [2.24, 2.45) is 0 Å². The molecule has 0 spiro atoms. The zero-order chi connectivity index (χ0) is 9.14. The van der Waals surface area contributed by atoms with Gasteiger partial charge >= 0.3 is 0 Å². The summed E-state index contributed by atoms with van der Waals surface area (Å²) in [5, 5.41) is 0. The van der Waals surface area contributed by atoms with Gasteiger partial charge in [-0.15, -0.1) is 0 Å². The van der Waals surface area contributed by atoms with Crippen molar-refractivity contribution >= 4 is 25.3 Å². The van der Waals surface area contributed by atoms with Crippen LogP contribution in [0.3, 0.4) is 0 Å². The van der Waals surface area contributed by atoms with Gasteiger partial charge in [0, 0.05) is 11.5 Å². The van der Waals surface area contributed by atoms with E-state index in [-0.39, 0.29) is 0 Å². The van der Waals surface area contributed by atoms with Crippen molar-refractivity contribution in [3.63, 3.8) is 0 Å². The molecule has 66 valence electrons. The predicted octanol–water partition coefficient (Wildman–Crippen LogP) is 3.16. The van der Waals surface area contributed by atoms with Crippen LogP contribution in [-0.2, 0) is 11.5 Å². The number of benzene rings is 1. The lowest BCUT2D eigenvalue weighted by molar-refractivity contribution is 1.22. The van der Waals surface area contributed by atoms with E-state index in [0.717, 1.165) is 11.5 Å². The maximum absolute atomic E-state index is 4.27. The van der Waals surface area contributed by atoms with Gasteiger partial charge in [-0.1, -0.05) is 12.1 Å². The molecular formula is C10H14S2. The second-order valence-corrected chi connectivity index (χ2v) is 3.65. The Bertz CT molecular complexity index is 250. The van der Waals surface area contributed by atoms with Crippen LogP contribution in [-0.4, -0.2) is 0 Å². The van der Waals surface area contributed by atoms with Gasteiger partial charge in [0.05, 0.1) is 0 Å². The molecule has 2 heteroatoms. The molecule has 0 aromatic heterocycles. The molecule has 0 heterocycles. The summed E-state index contributed by atoms with van der Waals surface area (Å²) in [5.74, 6) is 1.64. The smallest absolute Gasteiger partial charge is 0.0156 e. The normalized spacial score (nSPS) is 10.3. The lowest BCUT2D eigenvalue weighted by atomic mass is 10.0. The second kappa shape index (κ2) is 4.24. The highest BCUT2D eigenvalue weighted by Crippen LogP contribution is 2.18. The summed E-state index contributed by atoms with van der Waals surface area (Å²) in [6.07, 6.45) is 0. The van der Waals surface area contributed by atoms with Crippen molar-refractivity contribution in [2.75, 3.05) is 0 Å². The molecule has 0 bridgehead atoms. The number of rotatable bonds is 2. The largest absolute Gasteiger partial charge is 0.175 e. The van der Waals surface area contributed by atoms with E-state index >= 15 is 0 Å². The van der Waals surface area contributed by atoms with Crippen LogP contribution in [0.1, 0.15) is 22.3 Å². The number of aryl methyl sites for hydroxylation is 2. The van der Waals surface area contributed by atoms with Crippen LogP contribution in [0.5, 0.6) is 0 Å². The summed E-state index contributed by atoms with van der Waals surface area (Å²) < 4.78 is 0. The zero-order valence-corrected chi connectivity index (χ0v) is 9.25. The van der Waals surface area contributed by atoms with Gasteiger partial charge in [0.2, 0.25) is 0 Å². The number of thiol groups is 2. The molecule has 0 unspecified atom stereocenters. The maximum atomic E-state index is 4.27. The molecule has 0 aliphatic rings. The molecule has 0 nitrogen and oxygen atoms in total.